The van der Waals surface area contributed by atoms with Gasteiger partial charge in [-0.1, -0.05) is 85.2 Å². The molecule has 1 unspecified atom stereocenters. The number of methoxy groups -OCH3 is 2. The molecule has 3 N–H and O–H groups in total. The molecule has 9 atom stereocenters. The van der Waals surface area contributed by atoms with E-state index in [1.54, 1.807) is 53.1 Å². The minimum Gasteiger partial charge on any atom is -0.444 e. The van der Waals surface area contributed by atoms with Gasteiger partial charge in [-0.3, -0.25) is 24.1 Å². The number of hydrogen-bond acceptors (Lipinski definition) is 12. The van der Waals surface area contributed by atoms with Crippen LogP contribution in [0, 0.1) is 23.7 Å². The number of hydrogen-bond donors (Lipinski definition) is 3. The van der Waals surface area contributed by atoms with E-state index in [0.29, 0.717) is 39.0 Å². The Balaban J connectivity index is 1.70. The number of nitrogens with one attached hydrogen (secondary N) is 3. The Morgan fingerprint density at radius 2 is 1.61 bits per heavy atom. The molecule has 1 aliphatic heterocycles. The lowest BCUT2D eigenvalue weighted by Crippen LogP contribution is -2.60. The first-order valence-corrected chi connectivity index (χ1v) is 24.9. The summed E-state index contributed by atoms with van der Waals surface area (Å²) in [6, 6.07) is 7.43. The number of benzene rings is 1. The molecule has 1 fully saturated rings. The Kier molecular flexibility index (Phi) is 23.7. The molecule has 1 saturated heterocycles. The van der Waals surface area contributed by atoms with Crippen LogP contribution in [0.5, 0.6) is 0 Å². The van der Waals surface area contributed by atoms with Crippen LogP contribution in [0.15, 0.2) is 41.9 Å². The SMILES string of the molecule is CC[C@H](C)[C@@H]([C@@H](CC(=O)N1CCCC1[C@H](OC)[C@@H](C)C(=O)N[C@@H](Cc1ccccc1)c1nccs1)OC)N(C)C(=O)[C@@H](NC(=O)[C@H](C(C)C)N(C)CCOCCNC(=O)OC(C)(C)C)C(C)C. The maximum absolute atomic E-state index is 14.6. The zero-order chi connectivity index (χ0) is 50.0. The van der Waals surface area contributed by atoms with E-state index in [4.69, 9.17) is 18.9 Å². The van der Waals surface area contributed by atoms with Crippen molar-refractivity contribution in [1.82, 2.24) is 35.6 Å². The summed E-state index contributed by atoms with van der Waals surface area (Å²) in [4.78, 5) is 79.0. The second kappa shape index (κ2) is 27.7. The molecule has 3 rings (SSSR count). The quantitative estimate of drug-likeness (QED) is 0.0881. The van der Waals surface area contributed by atoms with Gasteiger partial charge in [-0.05, 0) is 70.4 Å². The molecule has 1 aromatic carbocycles. The van der Waals surface area contributed by atoms with E-state index in [0.717, 1.165) is 17.0 Å². The maximum atomic E-state index is 14.6. The largest absolute Gasteiger partial charge is 0.444 e. The van der Waals surface area contributed by atoms with Crippen molar-refractivity contribution in [3.63, 3.8) is 0 Å². The lowest BCUT2D eigenvalue weighted by Gasteiger charge is -2.41. The zero-order valence-electron chi connectivity index (χ0n) is 42.8. The second-order valence-electron chi connectivity index (χ2n) is 19.7. The molecule has 17 heteroatoms. The van der Waals surface area contributed by atoms with Crippen molar-refractivity contribution in [1.29, 1.82) is 0 Å². The van der Waals surface area contributed by atoms with E-state index in [-0.39, 0.29) is 73.0 Å². The molecular weight excluding hydrogens is 875 g/mol. The van der Waals surface area contributed by atoms with Gasteiger partial charge < -0.3 is 44.7 Å². The minimum absolute atomic E-state index is 0.0118. The van der Waals surface area contributed by atoms with Gasteiger partial charge in [0.2, 0.25) is 23.6 Å². The zero-order valence-corrected chi connectivity index (χ0v) is 43.7. The molecule has 0 aliphatic carbocycles. The summed E-state index contributed by atoms with van der Waals surface area (Å²) in [5.74, 6) is -1.82. The number of aromatic nitrogens is 1. The van der Waals surface area contributed by atoms with Crippen molar-refractivity contribution >= 4 is 41.1 Å². The Bertz CT molecular complexity index is 1810. The topological polar surface area (TPSA) is 181 Å². The van der Waals surface area contributed by atoms with Crippen LogP contribution >= 0.6 is 11.3 Å². The third-order valence-electron chi connectivity index (χ3n) is 12.7. The van der Waals surface area contributed by atoms with Crippen LogP contribution in [0.1, 0.15) is 112 Å². The molecule has 2 aromatic rings. The molecule has 16 nitrogen and oxygen atoms in total. The number of thiazole rings is 1. The second-order valence-corrected chi connectivity index (χ2v) is 20.6. The van der Waals surface area contributed by atoms with Crippen LogP contribution in [0.4, 0.5) is 4.79 Å². The lowest BCUT2D eigenvalue weighted by molar-refractivity contribution is -0.148. The van der Waals surface area contributed by atoms with Crippen molar-refractivity contribution in [3.05, 3.63) is 52.5 Å². The van der Waals surface area contributed by atoms with Gasteiger partial charge in [0.15, 0.2) is 0 Å². The molecule has 67 heavy (non-hydrogen) atoms. The maximum Gasteiger partial charge on any atom is 0.407 e. The van der Waals surface area contributed by atoms with E-state index in [1.165, 1.54) is 11.3 Å². The summed E-state index contributed by atoms with van der Waals surface area (Å²) in [5, 5.41) is 11.7. The monoisotopic (exact) mass is 958 g/mol. The highest BCUT2D eigenvalue weighted by Crippen LogP contribution is 2.31. The molecule has 378 valence electrons. The van der Waals surface area contributed by atoms with Gasteiger partial charge in [-0.25, -0.2) is 9.78 Å². The Morgan fingerprint density at radius 3 is 2.18 bits per heavy atom. The Hall–Kier alpha value is -4.16. The fraction of sp³-hybridized carbons (Fsp3) is 0.720. The highest BCUT2D eigenvalue weighted by Gasteiger charge is 2.43. The predicted molar refractivity (Wildman–Crippen MR) is 262 cm³/mol. The van der Waals surface area contributed by atoms with Crippen LogP contribution in [-0.4, -0.2) is 153 Å². The van der Waals surface area contributed by atoms with Crippen LogP contribution in [0.3, 0.4) is 0 Å². The third kappa shape index (κ3) is 17.4. The minimum atomic E-state index is -0.844. The van der Waals surface area contributed by atoms with Crippen molar-refractivity contribution in [2.24, 2.45) is 23.7 Å². The first kappa shape index (κ1) is 57.2. The van der Waals surface area contributed by atoms with Gasteiger partial charge in [0.25, 0.3) is 0 Å². The van der Waals surface area contributed by atoms with Crippen molar-refractivity contribution in [3.8, 4) is 0 Å². The number of likely N-dealkylation sites (N-methyl/N-ethyl adjacent to an activating group) is 2. The smallest absolute Gasteiger partial charge is 0.407 e. The van der Waals surface area contributed by atoms with E-state index in [9.17, 15) is 24.0 Å². The van der Waals surface area contributed by atoms with Gasteiger partial charge in [-0.15, -0.1) is 11.3 Å². The number of rotatable bonds is 27. The summed E-state index contributed by atoms with van der Waals surface area (Å²) in [7, 11) is 6.74. The van der Waals surface area contributed by atoms with Gasteiger partial charge in [0, 0.05) is 52.5 Å². The van der Waals surface area contributed by atoms with Gasteiger partial charge in [-0.2, -0.15) is 0 Å². The summed E-state index contributed by atoms with van der Waals surface area (Å²) >= 11 is 1.50. The standard InChI is InChI=1S/C50H83N7O9S/c1-15-34(6)43(56(12)48(61)41(32(2)3)54-46(60)42(33(4)5)55(11)26-28-65-27-23-52-49(62)66-50(8,9)10)39(63-13)31-40(58)57-25-19-22-38(57)44(64-14)35(7)45(59)53-37(47-51-24-29-67-47)30-36-20-17-16-18-21-36/h16-18,20-21,24,29,32-35,37-39,41-44H,15,19,22-23,25-28,30-31H2,1-14H3,(H,52,62)(H,53,59)(H,54,60)/t34-,35+,37-,38?,39+,41-,42-,43-,44+/m0/s1. The van der Waals surface area contributed by atoms with Gasteiger partial charge in [0.05, 0.1) is 61.9 Å². The Labute approximate surface area is 404 Å². The molecule has 0 spiro atoms. The molecule has 2 heterocycles. The fourth-order valence-corrected chi connectivity index (χ4v) is 9.73. The predicted octanol–water partition coefficient (Wildman–Crippen LogP) is 6.10. The first-order valence-electron chi connectivity index (χ1n) is 24.1. The fourth-order valence-electron chi connectivity index (χ4n) is 9.04. The van der Waals surface area contributed by atoms with Gasteiger partial charge >= 0.3 is 6.09 Å². The molecule has 0 bridgehead atoms. The summed E-state index contributed by atoms with van der Waals surface area (Å²) < 4.78 is 23.2. The highest BCUT2D eigenvalue weighted by molar-refractivity contribution is 7.09. The van der Waals surface area contributed by atoms with E-state index in [2.05, 4.69) is 20.9 Å². The van der Waals surface area contributed by atoms with Crippen LogP contribution < -0.4 is 16.0 Å². The number of carbonyl (C=O) groups excluding carboxylic acids is 5. The number of nitrogens with zero attached hydrogens (tertiary/aromatic N) is 4. The van der Waals surface area contributed by atoms with Crippen LogP contribution in [-0.2, 0) is 44.5 Å². The average molecular weight is 958 g/mol. The number of alkyl carbamates (subject to hydrolysis) is 1. The van der Waals surface area contributed by atoms with E-state index in [1.807, 2.05) is 101 Å². The molecular formula is C50H83N7O9S. The molecule has 1 aromatic heterocycles. The Morgan fingerprint density at radius 1 is 0.925 bits per heavy atom. The van der Waals surface area contributed by atoms with Crippen molar-refractivity contribution in [2.45, 2.75) is 149 Å². The summed E-state index contributed by atoms with van der Waals surface area (Å²) in [6.45, 7) is 20.9. The number of likely N-dealkylation sites (tertiary alicyclic amines) is 1. The lowest BCUT2D eigenvalue weighted by atomic mass is 9.89. The van der Waals surface area contributed by atoms with Crippen molar-refractivity contribution in [2.75, 3.05) is 61.2 Å². The first-order chi connectivity index (χ1) is 31.6. The number of ether oxygens (including phenoxy) is 4. The molecule has 0 saturated carbocycles. The normalized spacial score (nSPS) is 17.9. The van der Waals surface area contributed by atoms with Gasteiger partial charge in [0.1, 0.15) is 16.7 Å². The van der Waals surface area contributed by atoms with Crippen LogP contribution in [0.2, 0.25) is 0 Å². The number of carbonyl (C=O) groups is 5. The molecule has 1 aliphatic rings. The summed E-state index contributed by atoms with van der Waals surface area (Å²) in [6.07, 6.45) is 2.75. The molecule has 0 radical (unpaired) electrons. The summed E-state index contributed by atoms with van der Waals surface area (Å²) in [5.41, 5.74) is 0.488. The average Bonchev–Trinajstić information content (AvgIpc) is 3.99. The molecule has 5 amide bonds. The van der Waals surface area contributed by atoms with E-state index >= 15 is 0 Å². The number of amides is 5. The van der Waals surface area contributed by atoms with E-state index < -0.39 is 47.9 Å². The third-order valence-corrected chi connectivity index (χ3v) is 13.6. The highest BCUT2D eigenvalue weighted by atomic mass is 32.1. The van der Waals surface area contributed by atoms with Crippen LogP contribution in [0.25, 0.3) is 0 Å². The van der Waals surface area contributed by atoms with Crippen molar-refractivity contribution < 1.29 is 42.9 Å².